The maximum absolute atomic E-state index is 12.3. The normalized spacial score (nSPS) is 12.9. The molecular formula is C9H11F3N2OS. The number of nitrogens with zero attached hydrogens (tertiary/aromatic N) is 2. The fourth-order valence-electron chi connectivity index (χ4n) is 0.809. The molecule has 0 atom stereocenters. The van der Waals surface area contributed by atoms with Crippen molar-refractivity contribution in [3.8, 4) is 0 Å². The molecule has 0 aliphatic rings. The van der Waals surface area contributed by atoms with Crippen LogP contribution < -0.4 is 0 Å². The molecule has 1 N–H and O–H groups in total. The molecular weight excluding hydrogens is 241 g/mol. The van der Waals surface area contributed by atoms with Gasteiger partial charge in [0, 0.05) is 11.9 Å². The predicted molar refractivity (Wildman–Crippen MR) is 54.1 cm³/mol. The Morgan fingerprint density at radius 1 is 1.38 bits per heavy atom. The van der Waals surface area contributed by atoms with Crippen LogP contribution in [0, 0.1) is 0 Å². The first-order valence-corrected chi connectivity index (χ1v) is 5.42. The molecule has 0 saturated heterocycles. The highest BCUT2D eigenvalue weighted by Crippen LogP contribution is 2.28. The lowest BCUT2D eigenvalue weighted by molar-refractivity contribution is -0.141. The average Bonchev–Trinajstić information content (AvgIpc) is 2.13. The topological polar surface area (TPSA) is 46.0 Å². The average molecular weight is 252 g/mol. The smallest absolute Gasteiger partial charge is 0.390 e. The van der Waals surface area contributed by atoms with Crippen molar-refractivity contribution in [1.82, 2.24) is 9.97 Å². The van der Waals surface area contributed by atoms with Crippen LogP contribution in [0.1, 0.15) is 19.5 Å². The monoisotopic (exact) mass is 252 g/mol. The molecule has 16 heavy (non-hydrogen) atoms. The van der Waals surface area contributed by atoms with Gasteiger partial charge in [-0.25, -0.2) is 9.97 Å². The van der Waals surface area contributed by atoms with Crippen molar-refractivity contribution in [1.29, 1.82) is 0 Å². The Bertz CT molecular complexity index is 363. The molecule has 0 fully saturated rings. The Hall–Kier alpha value is -0.820. The van der Waals surface area contributed by atoms with Gasteiger partial charge < -0.3 is 5.11 Å². The molecule has 0 aromatic carbocycles. The van der Waals surface area contributed by atoms with Crippen LogP contribution in [0.5, 0.6) is 0 Å². The summed E-state index contributed by atoms with van der Waals surface area (Å²) >= 11 is 0.985. The van der Waals surface area contributed by atoms with Crippen LogP contribution in [0.2, 0.25) is 0 Å². The Morgan fingerprint density at radius 3 is 2.50 bits per heavy atom. The molecule has 7 heteroatoms. The van der Waals surface area contributed by atoms with Gasteiger partial charge >= 0.3 is 6.18 Å². The third-order valence-electron chi connectivity index (χ3n) is 1.48. The van der Waals surface area contributed by atoms with Gasteiger partial charge in [0.15, 0.2) is 5.16 Å². The zero-order chi connectivity index (χ0) is 12.4. The first-order chi connectivity index (χ1) is 7.18. The van der Waals surface area contributed by atoms with Crippen LogP contribution in [-0.2, 0) is 6.18 Å². The van der Waals surface area contributed by atoms with Gasteiger partial charge in [0.1, 0.15) is 5.69 Å². The van der Waals surface area contributed by atoms with Gasteiger partial charge in [0.25, 0.3) is 0 Å². The minimum Gasteiger partial charge on any atom is -0.390 e. The Balaban J connectivity index is 2.76. The molecule has 0 radical (unpaired) electrons. The van der Waals surface area contributed by atoms with Crippen molar-refractivity contribution >= 4 is 11.8 Å². The molecule has 3 nitrogen and oxygen atoms in total. The van der Waals surface area contributed by atoms with Gasteiger partial charge in [0.2, 0.25) is 0 Å². The van der Waals surface area contributed by atoms with E-state index in [4.69, 9.17) is 0 Å². The highest BCUT2D eigenvalue weighted by Gasteiger charge is 2.32. The maximum Gasteiger partial charge on any atom is 0.433 e. The fourth-order valence-corrected chi connectivity index (χ4v) is 1.59. The summed E-state index contributed by atoms with van der Waals surface area (Å²) in [6.07, 6.45) is -3.41. The van der Waals surface area contributed by atoms with Crippen LogP contribution >= 0.6 is 11.8 Å². The van der Waals surface area contributed by atoms with Crippen molar-refractivity contribution in [2.75, 3.05) is 5.75 Å². The van der Waals surface area contributed by atoms with E-state index in [1.807, 2.05) is 0 Å². The van der Waals surface area contributed by atoms with E-state index in [1.165, 1.54) is 0 Å². The lowest BCUT2D eigenvalue weighted by Gasteiger charge is -2.15. The van der Waals surface area contributed by atoms with Crippen molar-refractivity contribution in [2.24, 2.45) is 0 Å². The quantitative estimate of drug-likeness (QED) is 0.662. The maximum atomic E-state index is 12.3. The number of rotatable bonds is 3. The molecule has 0 bridgehead atoms. The zero-order valence-electron chi connectivity index (χ0n) is 8.75. The molecule has 1 aromatic rings. The number of alkyl halides is 3. The van der Waals surface area contributed by atoms with E-state index in [0.29, 0.717) is 0 Å². The Labute approximate surface area is 95.1 Å². The van der Waals surface area contributed by atoms with Gasteiger partial charge in [-0.15, -0.1) is 0 Å². The summed E-state index contributed by atoms with van der Waals surface area (Å²) in [6.45, 7) is 3.13. The van der Waals surface area contributed by atoms with Crippen molar-refractivity contribution in [3.63, 3.8) is 0 Å². The number of hydrogen-bond donors (Lipinski definition) is 1. The second-order valence-electron chi connectivity index (χ2n) is 3.82. The molecule has 90 valence electrons. The van der Waals surface area contributed by atoms with Crippen molar-refractivity contribution < 1.29 is 18.3 Å². The summed E-state index contributed by atoms with van der Waals surface area (Å²) in [5, 5.41) is 9.42. The van der Waals surface area contributed by atoms with E-state index < -0.39 is 17.5 Å². The summed E-state index contributed by atoms with van der Waals surface area (Å²) in [5.74, 6) is 0.230. The first-order valence-electron chi connectivity index (χ1n) is 4.44. The van der Waals surface area contributed by atoms with Gasteiger partial charge in [-0.1, -0.05) is 11.8 Å². The number of hydrogen-bond acceptors (Lipinski definition) is 4. The van der Waals surface area contributed by atoms with Gasteiger partial charge in [-0.3, -0.25) is 0 Å². The lowest BCUT2D eigenvalue weighted by atomic mass is 10.2. The Morgan fingerprint density at radius 2 is 2.00 bits per heavy atom. The fraction of sp³-hybridized carbons (Fsp3) is 0.556. The molecule has 0 unspecified atom stereocenters. The van der Waals surface area contributed by atoms with Crippen LogP contribution in [0.15, 0.2) is 17.4 Å². The summed E-state index contributed by atoms with van der Waals surface area (Å²) in [7, 11) is 0. The number of aromatic nitrogens is 2. The number of halogens is 3. The van der Waals surface area contributed by atoms with Crippen molar-refractivity contribution in [3.05, 3.63) is 18.0 Å². The molecule has 0 aliphatic carbocycles. The van der Waals surface area contributed by atoms with Gasteiger partial charge in [-0.05, 0) is 19.9 Å². The molecule has 1 aromatic heterocycles. The molecule has 1 rings (SSSR count). The highest BCUT2D eigenvalue weighted by molar-refractivity contribution is 7.99. The minimum atomic E-state index is -4.47. The SMILES string of the molecule is CC(C)(O)CSc1nccc(C(F)(F)F)n1. The van der Waals surface area contributed by atoms with E-state index in [9.17, 15) is 18.3 Å². The standard InChI is InChI=1S/C9H11F3N2OS/c1-8(2,15)5-16-7-13-4-3-6(14-7)9(10,11)12/h3-4,15H,5H2,1-2H3. The minimum absolute atomic E-state index is 0.0111. The van der Waals surface area contributed by atoms with Crippen LogP contribution in [0.25, 0.3) is 0 Å². The summed E-state index contributed by atoms with van der Waals surface area (Å²) in [5.41, 5.74) is -1.94. The van der Waals surface area contributed by atoms with E-state index in [2.05, 4.69) is 9.97 Å². The zero-order valence-corrected chi connectivity index (χ0v) is 9.56. The number of thioether (sulfide) groups is 1. The van der Waals surface area contributed by atoms with Crippen LogP contribution in [0.4, 0.5) is 13.2 Å². The third kappa shape index (κ3) is 4.36. The van der Waals surface area contributed by atoms with E-state index in [-0.39, 0.29) is 10.9 Å². The van der Waals surface area contributed by atoms with E-state index in [0.717, 1.165) is 24.0 Å². The third-order valence-corrected chi connectivity index (χ3v) is 2.78. The molecule has 0 saturated carbocycles. The summed E-state index contributed by atoms with van der Waals surface area (Å²) in [6, 6.07) is 0.814. The second kappa shape index (κ2) is 4.58. The Kier molecular flexibility index (Phi) is 3.80. The molecule has 0 spiro atoms. The summed E-state index contributed by atoms with van der Waals surface area (Å²) < 4.78 is 36.9. The first kappa shape index (κ1) is 13.2. The highest BCUT2D eigenvalue weighted by atomic mass is 32.2. The molecule has 0 amide bonds. The second-order valence-corrected chi connectivity index (χ2v) is 4.77. The van der Waals surface area contributed by atoms with E-state index >= 15 is 0 Å². The molecule has 1 heterocycles. The summed E-state index contributed by atoms with van der Waals surface area (Å²) in [4.78, 5) is 7.06. The van der Waals surface area contributed by atoms with Crippen molar-refractivity contribution in [2.45, 2.75) is 30.8 Å². The van der Waals surface area contributed by atoms with Gasteiger partial charge in [-0.2, -0.15) is 13.2 Å². The van der Waals surface area contributed by atoms with Crippen LogP contribution in [-0.4, -0.2) is 26.4 Å². The number of aliphatic hydroxyl groups is 1. The lowest BCUT2D eigenvalue weighted by Crippen LogP contribution is -2.22. The molecule has 0 aliphatic heterocycles. The van der Waals surface area contributed by atoms with Crippen LogP contribution in [0.3, 0.4) is 0 Å². The van der Waals surface area contributed by atoms with Gasteiger partial charge in [0.05, 0.1) is 5.60 Å². The predicted octanol–water partition coefficient (Wildman–Crippen LogP) is 2.36. The largest absolute Gasteiger partial charge is 0.433 e. The van der Waals surface area contributed by atoms with E-state index in [1.54, 1.807) is 13.8 Å².